The van der Waals surface area contributed by atoms with Gasteiger partial charge in [0.25, 0.3) is 0 Å². The van der Waals surface area contributed by atoms with Gasteiger partial charge in [0, 0.05) is 6.20 Å². The van der Waals surface area contributed by atoms with Crippen molar-refractivity contribution in [3.63, 3.8) is 0 Å². The average Bonchev–Trinajstić information content (AvgIpc) is 2.03. The van der Waals surface area contributed by atoms with Crippen molar-refractivity contribution < 1.29 is 4.79 Å². The summed E-state index contributed by atoms with van der Waals surface area (Å²) in [7, 11) is 0. The quantitative estimate of drug-likeness (QED) is 0.395. The standard InChI is InChI=1S/C8H7NO/c10-7-9-6-8-4-2-1-3-5-8/h1-4,6H,5H2. The maximum atomic E-state index is 9.67. The van der Waals surface area contributed by atoms with E-state index in [9.17, 15) is 4.79 Å². The van der Waals surface area contributed by atoms with E-state index in [1.165, 1.54) is 12.3 Å². The Morgan fingerprint density at radius 1 is 1.60 bits per heavy atom. The molecular weight excluding hydrogens is 126 g/mol. The molecule has 0 aromatic carbocycles. The second kappa shape index (κ2) is 3.59. The summed E-state index contributed by atoms with van der Waals surface area (Å²) in [4.78, 5) is 13.0. The summed E-state index contributed by atoms with van der Waals surface area (Å²) in [5, 5.41) is 0. The van der Waals surface area contributed by atoms with Crippen LogP contribution in [0.15, 0.2) is 41.1 Å². The van der Waals surface area contributed by atoms with Crippen LogP contribution in [0.1, 0.15) is 6.42 Å². The number of isocyanates is 1. The Morgan fingerprint density at radius 2 is 2.50 bits per heavy atom. The number of aliphatic imine (C=N–C) groups is 1. The number of hydrogen-bond donors (Lipinski definition) is 0. The number of nitrogens with zero attached hydrogens (tertiary/aromatic N) is 1. The van der Waals surface area contributed by atoms with Gasteiger partial charge in [-0.05, 0) is 12.0 Å². The molecule has 0 radical (unpaired) electrons. The third kappa shape index (κ3) is 1.84. The topological polar surface area (TPSA) is 29.4 Å². The molecule has 0 N–H and O–H groups in total. The minimum Gasteiger partial charge on any atom is -0.211 e. The van der Waals surface area contributed by atoms with Gasteiger partial charge in [0.15, 0.2) is 0 Å². The Labute approximate surface area is 59.3 Å². The molecule has 0 unspecified atom stereocenters. The van der Waals surface area contributed by atoms with Crippen molar-refractivity contribution in [2.24, 2.45) is 4.99 Å². The van der Waals surface area contributed by atoms with E-state index in [0.29, 0.717) is 0 Å². The highest BCUT2D eigenvalue weighted by Gasteiger charge is 1.90. The average molecular weight is 133 g/mol. The first kappa shape index (κ1) is 6.72. The smallest absolute Gasteiger partial charge is 0.211 e. The van der Waals surface area contributed by atoms with E-state index >= 15 is 0 Å². The van der Waals surface area contributed by atoms with Crippen molar-refractivity contribution >= 4 is 6.08 Å². The highest BCUT2D eigenvalue weighted by molar-refractivity contribution is 5.37. The highest BCUT2D eigenvalue weighted by Crippen LogP contribution is 2.08. The second-order valence-electron chi connectivity index (χ2n) is 1.92. The van der Waals surface area contributed by atoms with Gasteiger partial charge in [-0.25, -0.2) is 4.79 Å². The molecule has 2 nitrogen and oxygen atoms in total. The lowest BCUT2D eigenvalue weighted by Crippen LogP contribution is -1.78. The molecule has 0 fully saturated rings. The van der Waals surface area contributed by atoms with Crippen LogP contribution >= 0.6 is 0 Å². The van der Waals surface area contributed by atoms with Gasteiger partial charge in [0.1, 0.15) is 0 Å². The Morgan fingerprint density at radius 3 is 3.10 bits per heavy atom. The zero-order chi connectivity index (χ0) is 7.23. The first-order chi connectivity index (χ1) is 4.93. The van der Waals surface area contributed by atoms with E-state index in [1.54, 1.807) is 0 Å². The molecule has 50 valence electrons. The molecule has 0 amide bonds. The Kier molecular flexibility index (Phi) is 2.41. The van der Waals surface area contributed by atoms with Crippen LogP contribution in [0.25, 0.3) is 0 Å². The van der Waals surface area contributed by atoms with Crippen molar-refractivity contribution in [1.82, 2.24) is 0 Å². The third-order valence-electron chi connectivity index (χ3n) is 1.19. The number of rotatable bonds is 1. The lowest BCUT2D eigenvalue weighted by molar-refractivity contribution is 0.565. The van der Waals surface area contributed by atoms with Gasteiger partial charge in [-0.2, -0.15) is 4.99 Å². The monoisotopic (exact) mass is 133 g/mol. The van der Waals surface area contributed by atoms with Crippen molar-refractivity contribution in [2.45, 2.75) is 6.42 Å². The van der Waals surface area contributed by atoms with E-state index in [2.05, 4.69) is 4.99 Å². The zero-order valence-corrected chi connectivity index (χ0v) is 5.45. The lowest BCUT2D eigenvalue weighted by Gasteiger charge is -1.96. The molecule has 0 aromatic rings. The minimum atomic E-state index is 0.849. The molecule has 0 saturated heterocycles. The summed E-state index contributed by atoms with van der Waals surface area (Å²) in [6.07, 6.45) is 11.6. The first-order valence-corrected chi connectivity index (χ1v) is 3.03. The fraction of sp³-hybridized carbons (Fsp3) is 0.125. The fourth-order valence-electron chi connectivity index (χ4n) is 0.735. The van der Waals surface area contributed by atoms with Crippen molar-refractivity contribution in [2.75, 3.05) is 0 Å². The Hall–Kier alpha value is -1.40. The maximum Gasteiger partial charge on any atom is 0.239 e. The van der Waals surface area contributed by atoms with Gasteiger partial charge in [-0.3, -0.25) is 0 Å². The predicted molar refractivity (Wildman–Crippen MR) is 39.1 cm³/mol. The van der Waals surface area contributed by atoms with Crippen LogP contribution in [0.4, 0.5) is 0 Å². The molecule has 0 heterocycles. The molecule has 1 aliphatic rings. The van der Waals surface area contributed by atoms with Crippen LogP contribution < -0.4 is 0 Å². The van der Waals surface area contributed by atoms with Crippen molar-refractivity contribution in [3.8, 4) is 0 Å². The molecule has 0 aliphatic heterocycles. The van der Waals surface area contributed by atoms with Crippen LogP contribution in [0, 0.1) is 0 Å². The van der Waals surface area contributed by atoms with Crippen LogP contribution in [-0.4, -0.2) is 6.08 Å². The number of carbonyl (C=O) groups excluding carboxylic acids is 1. The molecular formula is C8H7NO. The van der Waals surface area contributed by atoms with Crippen LogP contribution in [0.2, 0.25) is 0 Å². The van der Waals surface area contributed by atoms with E-state index < -0.39 is 0 Å². The van der Waals surface area contributed by atoms with E-state index in [1.807, 2.05) is 24.3 Å². The largest absolute Gasteiger partial charge is 0.239 e. The minimum absolute atomic E-state index is 0.849. The normalized spacial score (nSPS) is 19.0. The molecule has 0 saturated carbocycles. The molecule has 0 spiro atoms. The van der Waals surface area contributed by atoms with Gasteiger partial charge in [-0.1, -0.05) is 24.3 Å². The Balaban J connectivity index is 2.66. The van der Waals surface area contributed by atoms with Gasteiger partial charge >= 0.3 is 0 Å². The van der Waals surface area contributed by atoms with E-state index in [4.69, 9.17) is 0 Å². The summed E-state index contributed by atoms with van der Waals surface area (Å²) < 4.78 is 0. The summed E-state index contributed by atoms with van der Waals surface area (Å²) in [6, 6.07) is 0. The molecule has 10 heavy (non-hydrogen) atoms. The van der Waals surface area contributed by atoms with E-state index in [-0.39, 0.29) is 0 Å². The van der Waals surface area contributed by atoms with Gasteiger partial charge in [0.2, 0.25) is 6.08 Å². The number of allylic oxidation sites excluding steroid dienone is 5. The van der Waals surface area contributed by atoms with Gasteiger partial charge < -0.3 is 0 Å². The summed E-state index contributed by atoms with van der Waals surface area (Å²) in [5.74, 6) is 0. The molecule has 0 atom stereocenters. The molecule has 0 bridgehead atoms. The third-order valence-corrected chi connectivity index (χ3v) is 1.19. The maximum absolute atomic E-state index is 9.67. The second-order valence-corrected chi connectivity index (χ2v) is 1.92. The summed E-state index contributed by atoms with van der Waals surface area (Å²) in [6.45, 7) is 0. The molecule has 1 rings (SSSR count). The van der Waals surface area contributed by atoms with Gasteiger partial charge in [-0.15, -0.1) is 0 Å². The predicted octanol–water partition coefficient (Wildman–Crippen LogP) is 1.72. The SMILES string of the molecule is O=C=NC=C1C=CC=CC1. The molecule has 2 heteroatoms. The van der Waals surface area contributed by atoms with Gasteiger partial charge in [0.05, 0.1) is 0 Å². The summed E-state index contributed by atoms with van der Waals surface area (Å²) in [5.41, 5.74) is 1.03. The summed E-state index contributed by atoms with van der Waals surface area (Å²) >= 11 is 0. The highest BCUT2D eigenvalue weighted by atomic mass is 16.1. The van der Waals surface area contributed by atoms with E-state index in [0.717, 1.165) is 12.0 Å². The molecule has 0 aromatic heterocycles. The van der Waals surface area contributed by atoms with Crippen LogP contribution in [-0.2, 0) is 4.79 Å². The first-order valence-electron chi connectivity index (χ1n) is 3.03. The fourth-order valence-corrected chi connectivity index (χ4v) is 0.735. The lowest BCUT2D eigenvalue weighted by atomic mass is 10.1. The Bertz CT molecular complexity index is 242. The molecule has 1 aliphatic carbocycles. The van der Waals surface area contributed by atoms with Crippen LogP contribution in [0.3, 0.4) is 0 Å². The van der Waals surface area contributed by atoms with Crippen LogP contribution in [0.5, 0.6) is 0 Å². The zero-order valence-electron chi connectivity index (χ0n) is 5.45. The van der Waals surface area contributed by atoms with Crippen molar-refractivity contribution in [3.05, 3.63) is 36.1 Å². The van der Waals surface area contributed by atoms with Crippen molar-refractivity contribution in [1.29, 1.82) is 0 Å². The number of hydrogen-bond acceptors (Lipinski definition) is 2.